The summed E-state index contributed by atoms with van der Waals surface area (Å²) in [5.74, 6) is 0.899. The molecule has 3 nitrogen and oxygen atoms in total. The molecule has 1 saturated heterocycles. The molecule has 0 saturated carbocycles. The van der Waals surface area contributed by atoms with Crippen molar-refractivity contribution >= 4 is 17.7 Å². The minimum atomic E-state index is 0.278. The molecular weight excluding hydrogens is 172 g/mol. The Bertz CT molecular complexity index is 163. The van der Waals surface area contributed by atoms with E-state index in [4.69, 9.17) is 0 Å². The predicted octanol–water partition coefficient (Wildman–Crippen LogP) is 0.170. The monoisotopic (exact) mass is 188 g/mol. The molecule has 0 aromatic heterocycles. The molecule has 4 heteroatoms. The van der Waals surface area contributed by atoms with Gasteiger partial charge in [-0.25, -0.2) is 0 Å². The fourth-order valence-electron chi connectivity index (χ4n) is 1.44. The fourth-order valence-corrected chi connectivity index (χ4v) is 1.87. The molecular formula is C8H16N2OS. The molecule has 70 valence electrons. The summed E-state index contributed by atoms with van der Waals surface area (Å²) in [6, 6.07) is 0.510. The van der Waals surface area contributed by atoms with Gasteiger partial charge in [-0.3, -0.25) is 4.79 Å². The van der Waals surface area contributed by atoms with Crippen molar-refractivity contribution < 1.29 is 4.79 Å². The maximum absolute atomic E-state index is 11.4. The van der Waals surface area contributed by atoms with Crippen molar-refractivity contribution in [3.63, 3.8) is 0 Å². The summed E-state index contributed by atoms with van der Waals surface area (Å²) >= 11 is 1.59. The van der Waals surface area contributed by atoms with Crippen LogP contribution in [0.3, 0.4) is 0 Å². The van der Waals surface area contributed by atoms with Crippen LogP contribution in [0.15, 0.2) is 0 Å². The summed E-state index contributed by atoms with van der Waals surface area (Å²) in [6.45, 7) is 1.81. The molecule has 1 rings (SSSR count). The number of nitrogens with one attached hydrogen (secondary N) is 1. The zero-order valence-corrected chi connectivity index (χ0v) is 8.49. The lowest BCUT2D eigenvalue weighted by atomic mass is 10.3. The number of thioether (sulfide) groups is 1. The Labute approximate surface area is 77.9 Å². The van der Waals surface area contributed by atoms with Crippen LogP contribution in [0.1, 0.15) is 6.42 Å². The van der Waals surface area contributed by atoms with Crippen LogP contribution in [0.4, 0.5) is 0 Å². The number of carbonyl (C=O) groups excluding carboxylic acids is 1. The molecule has 0 aliphatic carbocycles. The highest BCUT2D eigenvalue weighted by Crippen LogP contribution is 2.10. The second-order valence-electron chi connectivity index (χ2n) is 3.05. The van der Waals surface area contributed by atoms with E-state index >= 15 is 0 Å². The van der Waals surface area contributed by atoms with Gasteiger partial charge >= 0.3 is 0 Å². The Hall–Kier alpha value is -0.220. The predicted molar refractivity (Wildman–Crippen MR) is 52.4 cm³/mol. The quantitative estimate of drug-likeness (QED) is 0.685. The summed E-state index contributed by atoms with van der Waals surface area (Å²) in [4.78, 5) is 13.3. The van der Waals surface area contributed by atoms with E-state index in [1.165, 1.54) is 0 Å². The fraction of sp³-hybridized carbons (Fsp3) is 0.875. The molecule has 1 aliphatic rings. The highest BCUT2D eigenvalue weighted by Gasteiger charge is 2.24. The largest absolute Gasteiger partial charge is 0.340 e. The first-order chi connectivity index (χ1) is 5.77. The molecule has 0 aromatic rings. The van der Waals surface area contributed by atoms with Gasteiger partial charge in [0.25, 0.3) is 0 Å². The van der Waals surface area contributed by atoms with Gasteiger partial charge in [0.1, 0.15) is 0 Å². The van der Waals surface area contributed by atoms with Gasteiger partial charge in [0.15, 0.2) is 0 Å². The first-order valence-corrected chi connectivity index (χ1v) is 5.61. The molecule has 1 aliphatic heterocycles. The number of likely N-dealkylation sites (tertiary alicyclic amines) is 1. The molecule has 0 spiro atoms. The van der Waals surface area contributed by atoms with E-state index in [9.17, 15) is 4.79 Å². The van der Waals surface area contributed by atoms with E-state index in [0.717, 1.165) is 19.5 Å². The molecule has 0 bridgehead atoms. The third-order valence-corrected chi connectivity index (χ3v) is 2.75. The van der Waals surface area contributed by atoms with Crippen molar-refractivity contribution in [3.8, 4) is 0 Å². The lowest BCUT2D eigenvalue weighted by Crippen LogP contribution is -2.34. The smallest absolute Gasteiger partial charge is 0.232 e. The maximum Gasteiger partial charge on any atom is 0.232 e. The standard InChI is InChI=1S/C8H16N2OS/c1-9-7-3-4-10(5-7)8(11)6-12-2/h7,9H,3-6H2,1-2H3. The third-order valence-electron chi connectivity index (χ3n) is 2.22. The van der Waals surface area contributed by atoms with Crippen LogP contribution in [0.2, 0.25) is 0 Å². The van der Waals surface area contributed by atoms with E-state index in [0.29, 0.717) is 11.8 Å². The third kappa shape index (κ3) is 2.38. The molecule has 0 radical (unpaired) electrons. The van der Waals surface area contributed by atoms with Crippen LogP contribution < -0.4 is 5.32 Å². The lowest BCUT2D eigenvalue weighted by molar-refractivity contribution is -0.127. The van der Waals surface area contributed by atoms with Gasteiger partial charge in [-0.15, -0.1) is 0 Å². The summed E-state index contributed by atoms with van der Waals surface area (Å²) < 4.78 is 0. The first kappa shape index (κ1) is 9.86. The number of amides is 1. The van der Waals surface area contributed by atoms with Crippen LogP contribution in [-0.2, 0) is 4.79 Å². The van der Waals surface area contributed by atoms with Crippen LogP contribution in [-0.4, -0.2) is 49.0 Å². The van der Waals surface area contributed by atoms with Crippen molar-refractivity contribution in [2.75, 3.05) is 32.1 Å². The molecule has 1 atom stereocenters. The Morgan fingerprint density at radius 1 is 1.75 bits per heavy atom. The van der Waals surface area contributed by atoms with Gasteiger partial charge in [0.2, 0.25) is 5.91 Å². The first-order valence-electron chi connectivity index (χ1n) is 4.22. The average molecular weight is 188 g/mol. The van der Waals surface area contributed by atoms with Gasteiger partial charge in [-0.2, -0.15) is 11.8 Å². The average Bonchev–Trinajstić information content (AvgIpc) is 2.52. The zero-order chi connectivity index (χ0) is 8.97. The van der Waals surface area contributed by atoms with Crippen molar-refractivity contribution in [3.05, 3.63) is 0 Å². The molecule has 1 amide bonds. The van der Waals surface area contributed by atoms with E-state index in [1.807, 2.05) is 18.2 Å². The number of hydrogen-bond acceptors (Lipinski definition) is 3. The number of nitrogens with zero attached hydrogens (tertiary/aromatic N) is 1. The summed E-state index contributed by atoms with van der Waals surface area (Å²) in [5, 5.41) is 3.19. The minimum Gasteiger partial charge on any atom is -0.340 e. The Kier molecular flexibility index (Phi) is 3.88. The van der Waals surface area contributed by atoms with Crippen molar-refractivity contribution in [2.45, 2.75) is 12.5 Å². The second-order valence-corrected chi connectivity index (χ2v) is 3.91. The number of rotatable bonds is 3. The normalized spacial score (nSPS) is 23.2. The zero-order valence-electron chi connectivity index (χ0n) is 7.67. The van der Waals surface area contributed by atoms with Crippen molar-refractivity contribution in [1.82, 2.24) is 10.2 Å². The molecule has 0 aromatic carbocycles. The van der Waals surface area contributed by atoms with Crippen molar-refractivity contribution in [2.24, 2.45) is 0 Å². The SMILES string of the molecule is CNC1CCN(C(=O)CSC)C1. The van der Waals surface area contributed by atoms with Crippen LogP contribution >= 0.6 is 11.8 Å². The Morgan fingerprint density at radius 2 is 2.50 bits per heavy atom. The number of likely N-dealkylation sites (N-methyl/N-ethyl adjacent to an activating group) is 1. The van der Waals surface area contributed by atoms with Crippen LogP contribution in [0, 0.1) is 0 Å². The van der Waals surface area contributed by atoms with Gasteiger partial charge < -0.3 is 10.2 Å². The topological polar surface area (TPSA) is 32.3 Å². The minimum absolute atomic E-state index is 0.278. The molecule has 1 heterocycles. The van der Waals surface area contributed by atoms with Gasteiger partial charge in [-0.05, 0) is 19.7 Å². The highest BCUT2D eigenvalue weighted by atomic mass is 32.2. The summed E-state index contributed by atoms with van der Waals surface area (Å²) in [7, 11) is 1.95. The van der Waals surface area contributed by atoms with Crippen molar-refractivity contribution in [1.29, 1.82) is 0 Å². The molecule has 1 unspecified atom stereocenters. The number of hydrogen-bond donors (Lipinski definition) is 1. The van der Waals surface area contributed by atoms with Crippen LogP contribution in [0.25, 0.3) is 0 Å². The summed E-state index contributed by atoms with van der Waals surface area (Å²) in [5.41, 5.74) is 0. The van der Waals surface area contributed by atoms with E-state index in [1.54, 1.807) is 11.8 Å². The van der Waals surface area contributed by atoms with Gasteiger partial charge in [0.05, 0.1) is 5.75 Å². The molecule has 1 fully saturated rings. The second kappa shape index (κ2) is 4.72. The van der Waals surface area contributed by atoms with E-state index in [-0.39, 0.29) is 5.91 Å². The lowest BCUT2D eigenvalue weighted by Gasteiger charge is -2.15. The maximum atomic E-state index is 11.4. The summed E-state index contributed by atoms with van der Waals surface area (Å²) in [6.07, 6.45) is 3.06. The molecule has 12 heavy (non-hydrogen) atoms. The highest BCUT2D eigenvalue weighted by molar-refractivity contribution is 7.99. The van der Waals surface area contributed by atoms with Crippen LogP contribution in [0.5, 0.6) is 0 Å². The Morgan fingerprint density at radius 3 is 3.00 bits per heavy atom. The van der Waals surface area contributed by atoms with E-state index < -0.39 is 0 Å². The molecule has 1 N–H and O–H groups in total. The number of carbonyl (C=O) groups is 1. The van der Waals surface area contributed by atoms with E-state index in [2.05, 4.69) is 5.32 Å². The Balaban J connectivity index is 2.31. The van der Waals surface area contributed by atoms with Gasteiger partial charge in [-0.1, -0.05) is 0 Å². The van der Waals surface area contributed by atoms with Gasteiger partial charge in [0, 0.05) is 19.1 Å².